The van der Waals surface area contributed by atoms with Crippen LogP contribution in [0.3, 0.4) is 0 Å². The number of likely N-dealkylation sites (N-methyl/N-ethyl adjacent to an activating group) is 1. The molecule has 2 N–H and O–H groups in total. The molecule has 1 amide bonds. The SMILES string of the molecule is CNC(C(=O)NCC(c1c(F)cccc1Cl)N1CCCC1)c1cnn(C)c1. The van der Waals surface area contributed by atoms with Crippen LogP contribution in [0.1, 0.15) is 36.1 Å². The lowest BCUT2D eigenvalue weighted by atomic mass is 10.0. The second-order valence-corrected chi connectivity index (χ2v) is 7.22. The Kier molecular flexibility index (Phi) is 6.46. The van der Waals surface area contributed by atoms with Crippen LogP contribution in [0.15, 0.2) is 30.6 Å². The van der Waals surface area contributed by atoms with Gasteiger partial charge < -0.3 is 10.6 Å². The van der Waals surface area contributed by atoms with E-state index in [0.29, 0.717) is 10.6 Å². The third kappa shape index (κ3) is 4.48. The van der Waals surface area contributed by atoms with E-state index < -0.39 is 6.04 Å². The number of benzene rings is 1. The van der Waals surface area contributed by atoms with Crippen molar-refractivity contribution in [2.75, 3.05) is 26.7 Å². The molecule has 0 bridgehead atoms. The molecule has 0 saturated carbocycles. The van der Waals surface area contributed by atoms with Crippen molar-refractivity contribution in [3.63, 3.8) is 0 Å². The molecule has 1 aliphatic rings. The average molecular weight is 394 g/mol. The number of aryl methyl sites for hydroxylation is 1. The van der Waals surface area contributed by atoms with Crippen LogP contribution in [-0.2, 0) is 11.8 Å². The predicted octanol–water partition coefficient (Wildman–Crippen LogP) is 2.43. The number of hydrogen-bond donors (Lipinski definition) is 2. The molecule has 8 heteroatoms. The second kappa shape index (κ2) is 8.82. The van der Waals surface area contributed by atoms with E-state index in [4.69, 9.17) is 11.6 Å². The molecule has 1 aromatic carbocycles. The Morgan fingerprint density at radius 1 is 1.37 bits per heavy atom. The molecule has 1 saturated heterocycles. The first-order valence-corrected chi connectivity index (χ1v) is 9.50. The van der Waals surface area contributed by atoms with E-state index in [0.717, 1.165) is 31.5 Å². The van der Waals surface area contributed by atoms with Gasteiger partial charge in [-0.05, 0) is 45.1 Å². The van der Waals surface area contributed by atoms with Crippen molar-refractivity contribution in [2.24, 2.45) is 7.05 Å². The first-order valence-electron chi connectivity index (χ1n) is 9.12. The molecule has 1 fully saturated rings. The van der Waals surface area contributed by atoms with E-state index in [2.05, 4.69) is 20.6 Å². The zero-order chi connectivity index (χ0) is 19.4. The minimum atomic E-state index is -0.519. The monoisotopic (exact) mass is 393 g/mol. The Hall–Kier alpha value is -1.96. The fraction of sp³-hybridized carbons (Fsp3) is 0.474. The third-order valence-electron chi connectivity index (χ3n) is 4.99. The van der Waals surface area contributed by atoms with Crippen molar-refractivity contribution < 1.29 is 9.18 Å². The van der Waals surface area contributed by atoms with E-state index in [1.165, 1.54) is 6.07 Å². The van der Waals surface area contributed by atoms with Crippen molar-refractivity contribution in [3.8, 4) is 0 Å². The number of rotatable bonds is 7. The number of aromatic nitrogens is 2. The van der Waals surface area contributed by atoms with Gasteiger partial charge in [0.15, 0.2) is 0 Å². The van der Waals surface area contributed by atoms with Crippen molar-refractivity contribution in [3.05, 3.63) is 52.6 Å². The molecule has 0 aliphatic carbocycles. The van der Waals surface area contributed by atoms with E-state index in [1.54, 1.807) is 43.3 Å². The Morgan fingerprint density at radius 2 is 2.11 bits per heavy atom. The maximum absolute atomic E-state index is 14.5. The van der Waals surface area contributed by atoms with Gasteiger partial charge in [-0.2, -0.15) is 5.10 Å². The van der Waals surface area contributed by atoms with Crippen LogP contribution < -0.4 is 10.6 Å². The van der Waals surface area contributed by atoms with E-state index in [-0.39, 0.29) is 24.3 Å². The molecule has 6 nitrogen and oxygen atoms in total. The lowest BCUT2D eigenvalue weighted by Gasteiger charge is -2.29. The summed E-state index contributed by atoms with van der Waals surface area (Å²) >= 11 is 6.30. The molecule has 3 rings (SSSR count). The van der Waals surface area contributed by atoms with Gasteiger partial charge in [-0.3, -0.25) is 14.4 Å². The van der Waals surface area contributed by atoms with Gasteiger partial charge in [-0.25, -0.2) is 4.39 Å². The summed E-state index contributed by atoms with van der Waals surface area (Å²) in [6, 6.07) is 3.89. The predicted molar refractivity (Wildman–Crippen MR) is 103 cm³/mol. The summed E-state index contributed by atoms with van der Waals surface area (Å²) < 4.78 is 16.2. The van der Waals surface area contributed by atoms with Crippen LogP contribution in [0.2, 0.25) is 5.02 Å². The van der Waals surface area contributed by atoms with Gasteiger partial charge in [0.05, 0.1) is 12.2 Å². The van der Waals surface area contributed by atoms with Crippen LogP contribution in [0.25, 0.3) is 0 Å². The molecular formula is C19H25ClFN5O. The molecule has 2 unspecified atom stereocenters. The maximum Gasteiger partial charge on any atom is 0.241 e. The van der Waals surface area contributed by atoms with Gasteiger partial charge in [-0.15, -0.1) is 0 Å². The summed E-state index contributed by atoms with van der Waals surface area (Å²) in [6.07, 6.45) is 5.58. The molecule has 0 spiro atoms. The van der Waals surface area contributed by atoms with Crippen molar-refractivity contribution in [1.82, 2.24) is 25.3 Å². The van der Waals surface area contributed by atoms with Gasteiger partial charge in [-0.1, -0.05) is 17.7 Å². The summed E-state index contributed by atoms with van der Waals surface area (Å²) in [6.45, 7) is 2.02. The number of nitrogens with one attached hydrogen (secondary N) is 2. The Morgan fingerprint density at radius 3 is 2.70 bits per heavy atom. The smallest absolute Gasteiger partial charge is 0.241 e. The zero-order valence-corrected chi connectivity index (χ0v) is 16.3. The summed E-state index contributed by atoms with van der Waals surface area (Å²) in [5, 5.41) is 10.5. The highest BCUT2D eigenvalue weighted by molar-refractivity contribution is 6.31. The topological polar surface area (TPSA) is 62.2 Å². The zero-order valence-electron chi connectivity index (χ0n) is 15.6. The summed E-state index contributed by atoms with van der Waals surface area (Å²) in [7, 11) is 3.53. The number of carbonyl (C=O) groups is 1. The first kappa shape index (κ1) is 19.8. The quantitative estimate of drug-likeness (QED) is 0.758. The molecule has 0 radical (unpaired) electrons. The minimum Gasteiger partial charge on any atom is -0.353 e. The number of carbonyl (C=O) groups excluding carboxylic acids is 1. The Labute approximate surface area is 163 Å². The summed E-state index contributed by atoms with van der Waals surface area (Å²) in [4.78, 5) is 14.9. The number of nitrogens with zero attached hydrogens (tertiary/aromatic N) is 3. The minimum absolute atomic E-state index is 0.179. The number of halogens is 2. The number of amides is 1. The largest absolute Gasteiger partial charge is 0.353 e. The van der Waals surface area contributed by atoms with Gasteiger partial charge in [0, 0.05) is 35.9 Å². The summed E-state index contributed by atoms with van der Waals surface area (Å²) in [5.74, 6) is -0.520. The van der Waals surface area contributed by atoms with Crippen LogP contribution in [-0.4, -0.2) is 47.3 Å². The maximum atomic E-state index is 14.5. The third-order valence-corrected chi connectivity index (χ3v) is 5.32. The second-order valence-electron chi connectivity index (χ2n) is 6.81. The van der Waals surface area contributed by atoms with E-state index >= 15 is 0 Å². The highest BCUT2D eigenvalue weighted by Gasteiger charge is 2.29. The average Bonchev–Trinajstić information content (AvgIpc) is 3.30. The van der Waals surface area contributed by atoms with Gasteiger partial charge in [0.25, 0.3) is 0 Å². The van der Waals surface area contributed by atoms with Crippen molar-refractivity contribution >= 4 is 17.5 Å². The fourth-order valence-corrected chi connectivity index (χ4v) is 3.92. The normalized spacial score (nSPS) is 17.0. The Bertz CT molecular complexity index is 770. The molecular weight excluding hydrogens is 369 g/mol. The highest BCUT2D eigenvalue weighted by atomic mass is 35.5. The van der Waals surface area contributed by atoms with Crippen molar-refractivity contribution in [1.29, 1.82) is 0 Å². The van der Waals surface area contributed by atoms with Crippen LogP contribution in [0.5, 0.6) is 0 Å². The Balaban J connectivity index is 1.77. The van der Waals surface area contributed by atoms with Gasteiger partial charge in [0.2, 0.25) is 5.91 Å². The lowest BCUT2D eigenvalue weighted by Crippen LogP contribution is -2.41. The standard InChI is InChI=1S/C19H25ClFN5O/c1-22-18(13-10-24-25(2)12-13)19(27)23-11-16(26-8-3-4-9-26)17-14(20)6-5-7-15(17)21/h5-7,10,12,16,18,22H,3-4,8-9,11H2,1-2H3,(H,23,27). The fourth-order valence-electron chi connectivity index (χ4n) is 3.63. The molecule has 2 aromatic rings. The van der Waals surface area contributed by atoms with E-state index in [1.807, 2.05) is 0 Å². The molecule has 27 heavy (non-hydrogen) atoms. The van der Waals surface area contributed by atoms with Crippen LogP contribution in [0.4, 0.5) is 4.39 Å². The van der Waals surface area contributed by atoms with Gasteiger partial charge >= 0.3 is 0 Å². The highest BCUT2D eigenvalue weighted by Crippen LogP contribution is 2.32. The number of hydrogen-bond acceptors (Lipinski definition) is 4. The molecule has 146 valence electrons. The van der Waals surface area contributed by atoms with Crippen LogP contribution in [0, 0.1) is 5.82 Å². The van der Waals surface area contributed by atoms with Gasteiger partial charge in [0.1, 0.15) is 11.9 Å². The molecule has 2 heterocycles. The molecule has 1 aliphatic heterocycles. The van der Waals surface area contributed by atoms with Crippen molar-refractivity contribution in [2.45, 2.75) is 24.9 Å². The lowest BCUT2D eigenvalue weighted by molar-refractivity contribution is -0.123. The van der Waals surface area contributed by atoms with E-state index in [9.17, 15) is 9.18 Å². The van der Waals surface area contributed by atoms with Crippen LogP contribution >= 0.6 is 11.6 Å². The number of likely N-dealkylation sites (tertiary alicyclic amines) is 1. The molecule has 1 aromatic heterocycles. The molecule has 2 atom stereocenters. The first-order chi connectivity index (χ1) is 13.0. The summed E-state index contributed by atoms with van der Waals surface area (Å²) in [5.41, 5.74) is 1.22.